The molecule has 0 aromatic carbocycles. The number of carbonyl (C=O) groups excluding carboxylic acids is 2. The summed E-state index contributed by atoms with van der Waals surface area (Å²) in [5.41, 5.74) is 0. The maximum Gasteiger partial charge on any atom is 0.308 e. The summed E-state index contributed by atoms with van der Waals surface area (Å²) in [6, 6.07) is 0. The lowest BCUT2D eigenvalue weighted by Gasteiger charge is -2.38. The number of rotatable bonds is 3. The van der Waals surface area contributed by atoms with Crippen molar-refractivity contribution in [2.75, 3.05) is 7.11 Å². The van der Waals surface area contributed by atoms with Gasteiger partial charge in [0.1, 0.15) is 12.4 Å². The molecule has 5 heteroatoms. The molecule has 0 spiro atoms. The molecule has 1 aliphatic rings. The highest BCUT2D eigenvalue weighted by atomic mass is 16.7. The normalized spacial score (nSPS) is 29.5. The van der Waals surface area contributed by atoms with Gasteiger partial charge in [-0.3, -0.25) is 4.79 Å². The number of carbonyl (C=O) groups is 2. The lowest BCUT2D eigenvalue weighted by atomic mass is 10.1. The molecule has 1 aliphatic heterocycles. The third-order valence-electron chi connectivity index (χ3n) is 2.15. The minimum absolute atomic E-state index is 0.146. The van der Waals surface area contributed by atoms with Crippen molar-refractivity contribution in [2.45, 2.75) is 44.7 Å². The molecule has 0 bridgehead atoms. The Labute approximate surface area is 88.7 Å². The molecular formula is C10H16O5. The summed E-state index contributed by atoms with van der Waals surface area (Å²) in [6.07, 6.45) is 0.435. The monoisotopic (exact) mass is 216 g/mol. The van der Waals surface area contributed by atoms with Crippen molar-refractivity contribution < 1.29 is 23.8 Å². The van der Waals surface area contributed by atoms with E-state index < -0.39 is 11.9 Å². The molecule has 2 atom stereocenters. The number of hydrogen-bond donors (Lipinski definition) is 0. The predicted octanol–water partition coefficient (Wildman–Crippen LogP) is 0.659. The van der Waals surface area contributed by atoms with Crippen LogP contribution in [0, 0.1) is 0 Å². The second kappa shape index (κ2) is 4.72. The molecule has 0 radical (unpaired) electrons. The van der Waals surface area contributed by atoms with Crippen LogP contribution in [0.1, 0.15) is 26.7 Å². The van der Waals surface area contributed by atoms with E-state index in [1.165, 1.54) is 7.11 Å². The van der Waals surface area contributed by atoms with Crippen LogP contribution in [0.2, 0.25) is 0 Å². The Morgan fingerprint density at radius 1 is 1.53 bits per heavy atom. The van der Waals surface area contributed by atoms with E-state index >= 15 is 0 Å². The van der Waals surface area contributed by atoms with Crippen LogP contribution in [-0.4, -0.2) is 37.4 Å². The molecule has 5 nitrogen and oxygen atoms in total. The number of methoxy groups -OCH3 is 1. The SMILES string of the molecule is COC(=O)C[C@H]1C[C@@H](C=O)OC(C)(C)O1. The largest absolute Gasteiger partial charge is 0.469 e. The number of esters is 1. The first-order valence-electron chi connectivity index (χ1n) is 4.84. The highest BCUT2D eigenvalue weighted by molar-refractivity contribution is 5.70. The van der Waals surface area contributed by atoms with E-state index in [1.54, 1.807) is 13.8 Å². The van der Waals surface area contributed by atoms with E-state index in [1.807, 2.05) is 0 Å². The van der Waals surface area contributed by atoms with Crippen molar-refractivity contribution in [1.82, 2.24) is 0 Å². The van der Waals surface area contributed by atoms with Crippen LogP contribution >= 0.6 is 0 Å². The van der Waals surface area contributed by atoms with Gasteiger partial charge in [-0.1, -0.05) is 0 Å². The molecule has 86 valence electrons. The highest BCUT2D eigenvalue weighted by Crippen LogP contribution is 2.27. The van der Waals surface area contributed by atoms with Gasteiger partial charge in [0.25, 0.3) is 0 Å². The second-order valence-corrected chi connectivity index (χ2v) is 3.95. The van der Waals surface area contributed by atoms with Gasteiger partial charge in [0.15, 0.2) is 5.79 Å². The molecule has 0 N–H and O–H groups in total. The Balaban J connectivity index is 2.58. The van der Waals surface area contributed by atoms with Gasteiger partial charge in [-0.15, -0.1) is 0 Å². The first-order chi connectivity index (χ1) is 6.96. The van der Waals surface area contributed by atoms with E-state index in [2.05, 4.69) is 4.74 Å². The van der Waals surface area contributed by atoms with Gasteiger partial charge in [-0.05, 0) is 13.8 Å². The summed E-state index contributed by atoms with van der Waals surface area (Å²) in [6.45, 7) is 3.43. The maximum atomic E-state index is 11.1. The Morgan fingerprint density at radius 2 is 2.20 bits per heavy atom. The summed E-state index contributed by atoms with van der Waals surface area (Å²) in [5, 5.41) is 0. The average molecular weight is 216 g/mol. The van der Waals surface area contributed by atoms with Crippen LogP contribution in [0.5, 0.6) is 0 Å². The first-order valence-corrected chi connectivity index (χ1v) is 4.84. The first kappa shape index (κ1) is 12.1. The topological polar surface area (TPSA) is 61.8 Å². The van der Waals surface area contributed by atoms with Crippen LogP contribution in [0.4, 0.5) is 0 Å². The maximum absolute atomic E-state index is 11.1. The fourth-order valence-corrected chi connectivity index (χ4v) is 1.63. The molecule has 1 saturated heterocycles. The zero-order valence-corrected chi connectivity index (χ0v) is 9.19. The summed E-state index contributed by atoms with van der Waals surface area (Å²) in [5.74, 6) is -1.18. The van der Waals surface area contributed by atoms with Gasteiger partial charge in [-0.25, -0.2) is 0 Å². The van der Waals surface area contributed by atoms with Crippen molar-refractivity contribution in [3.63, 3.8) is 0 Å². The zero-order chi connectivity index (χ0) is 11.5. The Morgan fingerprint density at radius 3 is 2.73 bits per heavy atom. The van der Waals surface area contributed by atoms with Crippen LogP contribution < -0.4 is 0 Å². The van der Waals surface area contributed by atoms with Crippen molar-refractivity contribution in [3.8, 4) is 0 Å². The van der Waals surface area contributed by atoms with Gasteiger partial charge < -0.3 is 19.0 Å². The Hall–Kier alpha value is -0.940. The van der Waals surface area contributed by atoms with E-state index in [4.69, 9.17) is 9.47 Å². The molecule has 0 aliphatic carbocycles. The molecular weight excluding hydrogens is 200 g/mol. The van der Waals surface area contributed by atoms with Gasteiger partial charge in [0, 0.05) is 6.42 Å². The summed E-state index contributed by atoms with van der Waals surface area (Å²) in [4.78, 5) is 21.7. The number of hydrogen-bond acceptors (Lipinski definition) is 5. The molecule has 0 aromatic rings. The summed E-state index contributed by atoms with van der Waals surface area (Å²) >= 11 is 0. The zero-order valence-electron chi connectivity index (χ0n) is 9.19. The van der Waals surface area contributed by atoms with Gasteiger partial charge in [0.2, 0.25) is 0 Å². The molecule has 0 unspecified atom stereocenters. The lowest BCUT2D eigenvalue weighted by molar-refractivity contribution is -0.291. The summed E-state index contributed by atoms with van der Waals surface area (Å²) < 4.78 is 15.4. The number of aldehydes is 1. The molecule has 1 fully saturated rings. The van der Waals surface area contributed by atoms with Crippen LogP contribution in [-0.2, 0) is 23.8 Å². The van der Waals surface area contributed by atoms with Gasteiger partial charge in [-0.2, -0.15) is 0 Å². The van der Waals surface area contributed by atoms with Crippen molar-refractivity contribution in [3.05, 3.63) is 0 Å². The average Bonchev–Trinajstić information content (AvgIpc) is 2.15. The lowest BCUT2D eigenvalue weighted by Crippen LogP contribution is -2.45. The predicted molar refractivity (Wildman–Crippen MR) is 51.1 cm³/mol. The quantitative estimate of drug-likeness (QED) is 0.512. The minimum atomic E-state index is -0.831. The molecule has 1 rings (SSSR count). The van der Waals surface area contributed by atoms with Crippen LogP contribution in [0.3, 0.4) is 0 Å². The van der Waals surface area contributed by atoms with Crippen molar-refractivity contribution >= 4 is 12.3 Å². The third-order valence-corrected chi connectivity index (χ3v) is 2.15. The highest BCUT2D eigenvalue weighted by Gasteiger charge is 2.36. The summed E-state index contributed by atoms with van der Waals surface area (Å²) in [7, 11) is 1.32. The van der Waals surface area contributed by atoms with Gasteiger partial charge in [0.05, 0.1) is 19.6 Å². The molecule has 1 heterocycles. The smallest absolute Gasteiger partial charge is 0.308 e. The van der Waals surface area contributed by atoms with E-state index in [-0.39, 0.29) is 18.5 Å². The van der Waals surface area contributed by atoms with E-state index in [9.17, 15) is 9.59 Å². The van der Waals surface area contributed by atoms with Crippen molar-refractivity contribution in [2.24, 2.45) is 0 Å². The van der Waals surface area contributed by atoms with E-state index in [0.717, 1.165) is 6.29 Å². The van der Waals surface area contributed by atoms with E-state index in [0.29, 0.717) is 6.42 Å². The standard InChI is InChI=1S/C10H16O5/c1-10(2)14-7(5-9(12)13-3)4-8(6-11)15-10/h6-8H,4-5H2,1-3H3/t7-,8+/m1/s1. The fourth-order valence-electron chi connectivity index (χ4n) is 1.63. The fraction of sp³-hybridized carbons (Fsp3) is 0.800. The van der Waals surface area contributed by atoms with Crippen molar-refractivity contribution in [1.29, 1.82) is 0 Å². The molecule has 0 aromatic heterocycles. The van der Waals surface area contributed by atoms with Gasteiger partial charge >= 0.3 is 5.97 Å². The Bertz CT molecular complexity index is 248. The minimum Gasteiger partial charge on any atom is -0.469 e. The number of ether oxygens (including phenoxy) is 3. The van der Waals surface area contributed by atoms with Crippen LogP contribution in [0.15, 0.2) is 0 Å². The molecule has 0 saturated carbocycles. The Kier molecular flexibility index (Phi) is 3.82. The molecule has 15 heavy (non-hydrogen) atoms. The molecule has 0 amide bonds. The third kappa shape index (κ3) is 3.60. The van der Waals surface area contributed by atoms with Crippen LogP contribution in [0.25, 0.3) is 0 Å². The second-order valence-electron chi connectivity index (χ2n) is 3.95.